The number of amides is 2. The van der Waals surface area contributed by atoms with Gasteiger partial charge in [-0.05, 0) is 31.7 Å². The molecule has 2 saturated heterocycles. The Balaban J connectivity index is 1.90. The van der Waals surface area contributed by atoms with Gasteiger partial charge in [-0.2, -0.15) is 0 Å². The predicted octanol–water partition coefficient (Wildman–Crippen LogP) is -0.279. The van der Waals surface area contributed by atoms with E-state index in [0.29, 0.717) is 5.92 Å². The minimum absolute atomic E-state index is 0.0224. The molecule has 2 amide bonds. The molecule has 17 heavy (non-hydrogen) atoms. The highest BCUT2D eigenvalue weighted by molar-refractivity contribution is 5.91. The van der Waals surface area contributed by atoms with E-state index in [4.69, 9.17) is 0 Å². The van der Waals surface area contributed by atoms with Crippen LogP contribution in [0.4, 0.5) is 0 Å². The fourth-order valence-electron chi connectivity index (χ4n) is 2.62. The van der Waals surface area contributed by atoms with Crippen molar-refractivity contribution < 1.29 is 9.59 Å². The number of likely N-dealkylation sites (tertiary alicyclic amines) is 1. The van der Waals surface area contributed by atoms with E-state index in [-0.39, 0.29) is 23.9 Å². The van der Waals surface area contributed by atoms with Crippen molar-refractivity contribution in [1.82, 2.24) is 15.5 Å². The Kier molecular flexibility index (Phi) is 3.66. The van der Waals surface area contributed by atoms with E-state index < -0.39 is 0 Å². The Hall–Kier alpha value is -1.10. The predicted molar refractivity (Wildman–Crippen MR) is 64.4 cm³/mol. The van der Waals surface area contributed by atoms with E-state index in [9.17, 15) is 9.59 Å². The Morgan fingerprint density at radius 3 is 2.82 bits per heavy atom. The van der Waals surface area contributed by atoms with Crippen LogP contribution in [-0.4, -0.2) is 48.9 Å². The molecule has 0 spiro atoms. The summed E-state index contributed by atoms with van der Waals surface area (Å²) >= 11 is 0. The van der Waals surface area contributed by atoms with E-state index >= 15 is 0 Å². The van der Waals surface area contributed by atoms with Gasteiger partial charge in [-0.25, -0.2) is 0 Å². The molecule has 5 heteroatoms. The van der Waals surface area contributed by atoms with Gasteiger partial charge in [0.1, 0.15) is 6.04 Å². The molecule has 0 bridgehead atoms. The molecule has 0 aromatic rings. The molecule has 2 fully saturated rings. The Bertz CT molecular complexity index is 319. The highest BCUT2D eigenvalue weighted by atomic mass is 16.2. The third-order valence-corrected chi connectivity index (χ3v) is 3.80. The monoisotopic (exact) mass is 239 g/mol. The van der Waals surface area contributed by atoms with Crippen molar-refractivity contribution in [2.75, 3.05) is 20.1 Å². The van der Waals surface area contributed by atoms with Gasteiger partial charge in [-0.3, -0.25) is 9.59 Å². The highest BCUT2D eigenvalue weighted by Crippen LogP contribution is 2.16. The number of rotatable bonds is 2. The van der Waals surface area contributed by atoms with Crippen LogP contribution in [-0.2, 0) is 9.59 Å². The first kappa shape index (κ1) is 12.4. The zero-order valence-corrected chi connectivity index (χ0v) is 10.5. The van der Waals surface area contributed by atoms with Gasteiger partial charge in [0.2, 0.25) is 11.8 Å². The summed E-state index contributed by atoms with van der Waals surface area (Å²) < 4.78 is 0. The third kappa shape index (κ3) is 2.60. The molecule has 2 N–H and O–H groups in total. The number of hydrogen-bond acceptors (Lipinski definition) is 3. The molecule has 0 aromatic heterocycles. The van der Waals surface area contributed by atoms with Crippen molar-refractivity contribution in [2.24, 2.45) is 5.92 Å². The summed E-state index contributed by atoms with van der Waals surface area (Å²) in [5.74, 6) is 0.352. The Labute approximate surface area is 102 Å². The van der Waals surface area contributed by atoms with Crippen LogP contribution in [0.2, 0.25) is 0 Å². The second kappa shape index (κ2) is 5.04. The second-order valence-corrected chi connectivity index (χ2v) is 5.16. The van der Waals surface area contributed by atoms with Gasteiger partial charge in [-0.1, -0.05) is 6.92 Å². The lowest BCUT2D eigenvalue weighted by atomic mass is 9.92. The van der Waals surface area contributed by atoms with Crippen LogP contribution < -0.4 is 10.6 Å². The normalized spacial score (nSPS) is 33.9. The average molecular weight is 239 g/mol. The van der Waals surface area contributed by atoms with Crippen LogP contribution in [0.25, 0.3) is 0 Å². The van der Waals surface area contributed by atoms with Crippen molar-refractivity contribution in [3.63, 3.8) is 0 Å². The molecule has 2 aliphatic rings. The zero-order chi connectivity index (χ0) is 12.4. The van der Waals surface area contributed by atoms with Crippen LogP contribution in [0.1, 0.15) is 26.2 Å². The summed E-state index contributed by atoms with van der Waals surface area (Å²) in [6, 6.07) is -0.453. The van der Waals surface area contributed by atoms with Crippen LogP contribution in [0.3, 0.4) is 0 Å². The molecule has 2 rings (SSSR count). The van der Waals surface area contributed by atoms with Crippen molar-refractivity contribution in [3.05, 3.63) is 0 Å². The molecule has 0 aromatic carbocycles. The Morgan fingerprint density at radius 2 is 2.24 bits per heavy atom. The van der Waals surface area contributed by atoms with Crippen molar-refractivity contribution in [3.8, 4) is 0 Å². The van der Waals surface area contributed by atoms with Gasteiger partial charge in [-0.15, -0.1) is 0 Å². The van der Waals surface area contributed by atoms with Crippen LogP contribution in [0.5, 0.6) is 0 Å². The zero-order valence-electron chi connectivity index (χ0n) is 10.5. The molecule has 3 unspecified atom stereocenters. The topological polar surface area (TPSA) is 61.4 Å². The fourth-order valence-corrected chi connectivity index (χ4v) is 2.62. The van der Waals surface area contributed by atoms with E-state index in [1.54, 1.807) is 11.9 Å². The summed E-state index contributed by atoms with van der Waals surface area (Å²) in [6.07, 6.45) is 2.92. The molecular weight excluding hydrogens is 218 g/mol. The van der Waals surface area contributed by atoms with E-state index in [1.165, 1.54) is 0 Å². The standard InChI is InChI=1S/C12H21N3O2/c1-8-4-3-6-13-10(8)11(16)14-9-5-7-15(2)12(9)17/h8-10,13H,3-7H2,1-2H3,(H,14,16). The first-order chi connectivity index (χ1) is 8.09. The maximum absolute atomic E-state index is 12.1. The van der Waals surface area contributed by atoms with Crippen LogP contribution >= 0.6 is 0 Å². The van der Waals surface area contributed by atoms with Gasteiger partial charge in [0.25, 0.3) is 0 Å². The average Bonchev–Trinajstić information content (AvgIpc) is 2.61. The van der Waals surface area contributed by atoms with Gasteiger partial charge in [0.05, 0.1) is 6.04 Å². The number of nitrogens with one attached hydrogen (secondary N) is 2. The molecule has 0 aliphatic carbocycles. The largest absolute Gasteiger partial charge is 0.344 e. The van der Waals surface area contributed by atoms with Crippen molar-refractivity contribution >= 4 is 11.8 Å². The summed E-state index contributed by atoms with van der Waals surface area (Å²) in [5, 5.41) is 6.10. The maximum atomic E-state index is 12.1. The number of nitrogens with zero attached hydrogens (tertiary/aromatic N) is 1. The van der Waals surface area contributed by atoms with Crippen molar-refractivity contribution in [1.29, 1.82) is 0 Å². The Morgan fingerprint density at radius 1 is 1.47 bits per heavy atom. The molecular formula is C12H21N3O2. The van der Waals surface area contributed by atoms with Crippen molar-refractivity contribution in [2.45, 2.75) is 38.3 Å². The summed E-state index contributed by atoms with van der Waals surface area (Å²) in [4.78, 5) is 25.4. The van der Waals surface area contributed by atoms with Crippen LogP contribution in [0, 0.1) is 5.92 Å². The molecule has 0 saturated carbocycles. The highest BCUT2D eigenvalue weighted by Gasteiger charge is 2.34. The number of hydrogen-bond donors (Lipinski definition) is 2. The van der Waals surface area contributed by atoms with E-state index in [0.717, 1.165) is 32.4 Å². The molecule has 96 valence electrons. The molecule has 3 atom stereocenters. The SMILES string of the molecule is CC1CCCNC1C(=O)NC1CCN(C)C1=O. The number of carbonyl (C=O) groups is 2. The first-order valence-electron chi connectivity index (χ1n) is 6.38. The summed E-state index contributed by atoms with van der Waals surface area (Å²) in [7, 11) is 1.77. The summed E-state index contributed by atoms with van der Waals surface area (Å²) in [5.41, 5.74) is 0. The van der Waals surface area contributed by atoms with E-state index in [2.05, 4.69) is 17.6 Å². The minimum Gasteiger partial charge on any atom is -0.344 e. The smallest absolute Gasteiger partial charge is 0.244 e. The van der Waals surface area contributed by atoms with Gasteiger partial charge in [0, 0.05) is 13.6 Å². The van der Waals surface area contributed by atoms with Gasteiger partial charge >= 0.3 is 0 Å². The second-order valence-electron chi connectivity index (χ2n) is 5.16. The fraction of sp³-hybridized carbons (Fsp3) is 0.833. The number of likely N-dealkylation sites (N-methyl/N-ethyl adjacent to an activating group) is 1. The van der Waals surface area contributed by atoms with Gasteiger partial charge < -0.3 is 15.5 Å². The lowest BCUT2D eigenvalue weighted by Crippen LogP contribution is -2.54. The lowest BCUT2D eigenvalue weighted by molar-refractivity contribution is -0.133. The third-order valence-electron chi connectivity index (χ3n) is 3.80. The maximum Gasteiger partial charge on any atom is 0.244 e. The molecule has 5 nitrogen and oxygen atoms in total. The van der Waals surface area contributed by atoms with Gasteiger partial charge in [0.15, 0.2) is 0 Å². The van der Waals surface area contributed by atoms with Crippen LogP contribution in [0.15, 0.2) is 0 Å². The first-order valence-corrected chi connectivity index (χ1v) is 6.38. The molecule has 2 heterocycles. The summed E-state index contributed by atoms with van der Waals surface area (Å²) in [6.45, 7) is 3.71. The van der Waals surface area contributed by atoms with E-state index in [1.807, 2.05) is 0 Å². The lowest BCUT2D eigenvalue weighted by Gasteiger charge is -2.29. The quantitative estimate of drug-likeness (QED) is 0.697. The molecule has 2 aliphatic heterocycles. The number of carbonyl (C=O) groups excluding carboxylic acids is 2. The number of piperidine rings is 1. The molecule has 0 radical (unpaired) electrons. The minimum atomic E-state index is -0.316.